The van der Waals surface area contributed by atoms with Gasteiger partial charge in [-0.05, 0) is 47.1 Å². The first-order chi connectivity index (χ1) is 14.7. The summed E-state index contributed by atoms with van der Waals surface area (Å²) in [7, 11) is 0. The lowest BCUT2D eigenvalue weighted by atomic mass is 9.88. The van der Waals surface area contributed by atoms with Gasteiger partial charge in [0, 0.05) is 6.42 Å². The number of ketones is 1. The van der Waals surface area contributed by atoms with Gasteiger partial charge in [-0.25, -0.2) is 4.79 Å². The van der Waals surface area contributed by atoms with Gasteiger partial charge < -0.3 is 34.5 Å². The van der Waals surface area contributed by atoms with Crippen LogP contribution in [0.1, 0.15) is 59.6 Å². The summed E-state index contributed by atoms with van der Waals surface area (Å²) in [5.41, 5.74) is -1.78. The molecule has 2 saturated heterocycles. The van der Waals surface area contributed by atoms with Gasteiger partial charge in [0.05, 0.1) is 6.10 Å². The molecule has 0 spiro atoms. The van der Waals surface area contributed by atoms with Crippen molar-refractivity contribution in [1.29, 1.82) is 0 Å². The van der Waals surface area contributed by atoms with Crippen LogP contribution in [-0.2, 0) is 23.7 Å². The average Bonchev–Trinajstić information content (AvgIpc) is 3.09. The van der Waals surface area contributed by atoms with E-state index in [9.17, 15) is 19.8 Å². The van der Waals surface area contributed by atoms with Crippen LogP contribution in [-0.4, -0.2) is 63.7 Å². The van der Waals surface area contributed by atoms with E-state index in [2.05, 4.69) is 5.32 Å². The molecule has 0 bridgehead atoms. The number of carbonyl (C=O) groups is 2. The highest BCUT2D eigenvalue weighted by Crippen LogP contribution is 2.44. The van der Waals surface area contributed by atoms with Gasteiger partial charge in [-0.2, -0.15) is 0 Å². The summed E-state index contributed by atoms with van der Waals surface area (Å²) >= 11 is 0. The summed E-state index contributed by atoms with van der Waals surface area (Å²) in [6.45, 7) is 10.0. The van der Waals surface area contributed by atoms with Crippen molar-refractivity contribution in [3.05, 3.63) is 35.9 Å². The van der Waals surface area contributed by atoms with Crippen molar-refractivity contribution < 1.29 is 38.7 Å². The number of nitrogens with one attached hydrogen (secondary N) is 1. The van der Waals surface area contributed by atoms with E-state index >= 15 is 0 Å². The quantitative estimate of drug-likeness (QED) is 0.601. The highest BCUT2D eigenvalue weighted by molar-refractivity contribution is 5.89. The Balaban J connectivity index is 1.72. The molecule has 32 heavy (non-hydrogen) atoms. The molecule has 3 N–H and O–H groups in total. The summed E-state index contributed by atoms with van der Waals surface area (Å²) in [5, 5.41) is 24.4. The maximum absolute atomic E-state index is 13.1. The number of ether oxygens (including phenoxy) is 4. The third-order valence-electron chi connectivity index (χ3n) is 5.37. The van der Waals surface area contributed by atoms with Crippen LogP contribution in [0.2, 0.25) is 0 Å². The number of carbonyl (C=O) groups excluding carboxylic acids is 2. The van der Waals surface area contributed by atoms with Gasteiger partial charge in [0.2, 0.25) is 0 Å². The van der Waals surface area contributed by atoms with Crippen molar-refractivity contribution in [3.63, 3.8) is 0 Å². The van der Waals surface area contributed by atoms with Crippen LogP contribution in [0, 0.1) is 0 Å². The van der Waals surface area contributed by atoms with Crippen LogP contribution in [0.25, 0.3) is 0 Å². The maximum Gasteiger partial charge on any atom is 0.408 e. The molecule has 9 heteroatoms. The van der Waals surface area contributed by atoms with Crippen LogP contribution < -0.4 is 5.32 Å². The first-order valence-electron chi connectivity index (χ1n) is 10.7. The van der Waals surface area contributed by atoms with Crippen molar-refractivity contribution in [2.45, 2.75) is 95.6 Å². The van der Waals surface area contributed by atoms with E-state index in [0.29, 0.717) is 5.56 Å². The average molecular weight is 452 g/mol. The minimum atomic E-state index is -1.58. The first kappa shape index (κ1) is 24.6. The highest BCUT2D eigenvalue weighted by Gasteiger charge is 2.62. The van der Waals surface area contributed by atoms with E-state index in [1.807, 2.05) is 0 Å². The van der Waals surface area contributed by atoms with Gasteiger partial charge in [0.1, 0.15) is 29.5 Å². The number of hydrogen-bond donors (Lipinski definition) is 3. The van der Waals surface area contributed by atoms with Gasteiger partial charge >= 0.3 is 6.09 Å². The second kappa shape index (κ2) is 8.72. The molecular weight excluding hydrogens is 418 g/mol. The molecule has 0 saturated carbocycles. The summed E-state index contributed by atoms with van der Waals surface area (Å²) in [6, 6.07) is 7.62. The van der Waals surface area contributed by atoms with Crippen LogP contribution in [0.15, 0.2) is 30.3 Å². The molecule has 0 unspecified atom stereocenters. The lowest BCUT2D eigenvalue weighted by Crippen LogP contribution is -2.51. The van der Waals surface area contributed by atoms with E-state index in [1.54, 1.807) is 65.0 Å². The predicted octanol–water partition coefficient (Wildman–Crippen LogP) is 2.20. The molecular formula is C23H33NO8. The zero-order valence-electron chi connectivity index (χ0n) is 19.3. The third-order valence-corrected chi connectivity index (χ3v) is 5.37. The molecule has 0 aliphatic carbocycles. The van der Waals surface area contributed by atoms with Crippen molar-refractivity contribution in [2.75, 3.05) is 0 Å². The second-order valence-electron chi connectivity index (χ2n) is 9.93. The van der Waals surface area contributed by atoms with Crippen molar-refractivity contribution in [3.8, 4) is 0 Å². The normalized spacial score (nSPS) is 30.9. The summed E-state index contributed by atoms with van der Waals surface area (Å²) in [4.78, 5) is 25.5. The molecule has 2 aliphatic rings. The first-order valence-corrected chi connectivity index (χ1v) is 10.7. The van der Waals surface area contributed by atoms with Gasteiger partial charge in [0.25, 0.3) is 0 Å². The predicted molar refractivity (Wildman–Crippen MR) is 114 cm³/mol. The van der Waals surface area contributed by atoms with Crippen molar-refractivity contribution >= 4 is 11.9 Å². The number of fused-ring (bicyclic) bond motifs is 1. The Morgan fingerprint density at radius 1 is 1.16 bits per heavy atom. The third kappa shape index (κ3) is 5.47. The zero-order valence-corrected chi connectivity index (χ0v) is 19.3. The fourth-order valence-electron chi connectivity index (χ4n) is 4.00. The van der Waals surface area contributed by atoms with E-state index < -0.39 is 59.5 Å². The Labute approximate surface area is 188 Å². The molecule has 2 fully saturated rings. The summed E-state index contributed by atoms with van der Waals surface area (Å²) < 4.78 is 22.4. The highest BCUT2D eigenvalue weighted by atomic mass is 16.8. The Morgan fingerprint density at radius 2 is 1.78 bits per heavy atom. The maximum atomic E-state index is 13.1. The Morgan fingerprint density at radius 3 is 2.34 bits per heavy atom. The lowest BCUT2D eigenvalue weighted by Gasteiger charge is -2.33. The van der Waals surface area contributed by atoms with Crippen LogP contribution in [0.3, 0.4) is 0 Å². The van der Waals surface area contributed by atoms with Gasteiger partial charge in [0.15, 0.2) is 17.9 Å². The number of rotatable bonds is 6. The molecule has 0 radical (unpaired) electrons. The summed E-state index contributed by atoms with van der Waals surface area (Å²) in [5.74, 6) is -1.39. The molecule has 6 atom stereocenters. The number of aliphatic hydroxyl groups is 2. The largest absolute Gasteiger partial charge is 0.444 e. The number of Topliss-reactive ketones (excluding diaryl/α,β-unsaturated/α-hetero) is 1. The van der Waals surface area contributed by atoms with Gasteiger partial charge in [-0.15, -0.1) is 0 Å². The Kier molecular flexibility index (Phi) is 6.70. The number of amides is 1. The van der Waals surface area contributed by atoms with E-state index in [0.717, 1.165) is 0 Å². The van der Waals surface area contributed by atoms with Crippen molar-refractivity contribution in [1.82, 2.24) is 5.32 Å². The van der Waals surface area contributed by atoms with E-state index in [4.69, 9.17) is 18.9 Å². The fourth-order valence-corrected chi connectivity index (χ4v) is 4.00. The Hall–Kier alpha value is -2.04. The molecule has 2 heterocycles. The van der Waals surface area contributed by atoms with Gasteiger partial charge in [-0.1, -0.05) is 30.3 Å². The van der Waals surface area contributed by atoms with E-state index in [-0.39, 0.29) is 6.42 Å². The minimum Gasteiger partial charge on any atom is -0.444 e. The molecule has 0 aromatic heterocycles. The second-order valence-corrected chi connectivity index (χ2v) is 9.93. The monoisotopic (exact) mass is 451 g/mol. The van der Waals surface area contributed by atoms with Gasteiger partial charge in [-0.3, -0.25) is 4.79 Å². The van der Waals surface area contributed by atoms with Crippen LogP contribution in [0.4, 0.5) is 4.79 Å². The molecule has 2 aliphatic heterocycles. The standard InChI is InChI=1S/C23H33NO8/c1-21(2,3)32-20(27)24-16(13-10-8-7-9-11-13)14(25)12-15(26)17-23(6,28)18-19(29-17)31-22(4,5)30-18/h7-11,15-19,26,28H,12H2,1-6H3,(H,24,27)/t15-,16+,17-,18+,19-,23-/m1/s1. The van der Waals surface area contributed by atoms with E-state index in [1.165, 1.54) is 6.92 Å². The van der Waals surface area contributed by atoms with Crippen LogP contribution in [0.5, 0.6) is 0 Å². The molecule has 178 valence electrons. The Bertz CT molecular complexity index is 832. The zero-order chi connectivity index (χ0) is 23.9. The number of aliphatic hydroxyl groups excluding tert-OH is 1. The molecule has 1 aromatic carbocycles. The van der Waals surface area contributed by atoms with Crippen molar-refractivity contribution in [2.24, 2.45) is 0 Å². The number of hydrogen-bond acceptors (Lipinski definition) is 8. The SMILES string of the molecule is CC(C)(C)OC(=O)N[C@H](C(=O)C[C@@H](O)[C@H]1O[C@@H]2OC(C)(C)O[C@@H]2[C@]1(C)O)c1ccccc1. The number of alkyl carbamates (subject to hydrolysis) is 1. The molecule has 1 aromatic rings. The smallest absolute Gasteiger partial charge is 0.408 e. The number of benzene rings is 1. The fraction of sp³-hybridized carbons (Fsp3) is 0.652. The summed E-state index contributed by atoms with van der Waals surface area (Å²) in [6.07, 6.45) is -5.27. The minimum absolute atomic E-state index is 0.376. The molecule has 3 rings (SSSR count). The topological polar surface area (TPSA) is 124 Å². The molecule has 9 nitrogen and oxygen atoms in total. The molecule has 1 amide bonds. The lowest BCUT2D eigenvalue weighted by molar-refractivity contribution is -0.239. The van der Waals surface area contributed by atoms with Crippen LogP contribution >= 0.6 is 0 Å².